The summed E-state index contributed by atoms with van der Waals surface area (Å²) in [5.41, 5.74) is -7.28. The van der Waals surface area contributed by atoms with Crippen molar-refractivity contribution in [2.75, 3.05) is 45.9 Å². The van der Waals surface area contributed by atoms with Gasteiger partial charge in [0, 0.05) is 39.3 Å². The third-order valence-corrected chi connectivity index (χ3v) is 19.8. The van der Waals surface area contributed by atoms with Gasteiger partial charge in [-0.1, -0.05) is 182 Å². The predicted molar refractivity (Wildman–Crippen MR) is 386 cm³/mol. The van der Waals surface area contributed by atoms with Gasteiger partial charge in [-0.2, -0.15) is 52.7 Å². The minimum Gasteiger partial charge on any atom is -0.445 e. The first kappa shape index (κ1) is 82.5. The van der Waals surface area contributed by atoms with E-state index in [9.17, 15) is 71.9 Å². The first-order valence-corrected chi connectivity index (χ1v) is 35.7. The van der Waals surface area contributed by atoms with Crippen molar-refractivity contribution in [2.45, 2.75) is 151 Å². The Morgan fingerprint density at radius 3 is 1.25 bits per heavy atom. The van der Waals surface area contributed by atoms with Gasteiger partial charge in [0.1, 0.15) is 18.8 Å². The fourth-order valence-electron chi connectivity index (χ4n) is 14.0. The van der Waals surface area contributed by atoms with Crippen LogP contribution < -0.4 is 16.0 Å². The van der Waals surface area contributed by atoms with Crippen LogP contribution in [0.2, 0.25) is 0 Å². The Labute approximate surface area is 630 Å². The van der Waals surface area contributed by atoms with Crippen LogP contribution in [0, 0.1) is 0 Å². The van der Waals surface area contributed by atoms with Crippen molar-refractivity contribution in [1.29, 1.82) is 0 Å². The molecule has 3 aliphatic rings. The van der Waals surface area contributed by atoms with Crippen LogP contribution in [-0.2, 0) is 90.6 Å². The van der Waals surface area contributed by atoms with Crippen molar-refractivity contribution in [3.63, 3.8) is 0 Å². The van der Waals surface area contributed by atoms with Crippen LogP contribution in [0.3, 0.4) is 0 Å². The van der Waals surface area contributed by atoms with Gasteiger partial charge in [0.05, 0.1) is 76.4 Å². The average Bonchev–Trinajstić information content (AvgIpc) is 0.746. The van der Waals surface area contributed by atoms with Crippen LogP contribution in [0.25, 0.3) is 0 Å². The van der Waals surface area contributed by atoms with E-state index < -0.39 is 105 Å². The molecule has 2 unspecified atom stereocenters. The maximum absolute atomic E-state index is 14.5. The highest BCUT2D eigenvalue weighted by molar-refractivity contribution is 5.80. The molecule has 8 aromatic rings. The third-order valence-electron chi connectivity index (χ3n) is 19.8. The number of nitrogens with one attached hydrogen (secondary N) is 3. The molecule has 0 radical (unpaired) electrons. The number of ether oxygens (including phenoxy) is 5. The maximum Gasteiger partial charge on any atom is 0.416 e. The lowest BCUT2D eigenvalue weighted by atomic mass is 9.74. The van der Waals surface area contributed by atoms with Crippen molar-refractivity contribution in [3.05, 3.63) is 285 Å². The van der Waals surface area contributed by atoms with E-state index in [4.69, 9.17) is 23.7 Å². The number of amides is 4. The molecule has 15 nitrogen and oxygen atoms in total. The summed E-state index contributed by atoms with van der Waals surface area (Å²) in [7, 11) is 0. The molecule has 0 saturated carbocycles. The number of piperidine rings is 2. The standard InChI is InChI=1S/C43H47F6N3O5.C40H39F6N3O4/c1-30(33-22-35(42(44,45)46)24-36(23-33)43(47,48)49)56-29-41(34-18-12-7-13-19-34)21-20-40(51-37(53)57-39(2,3)4,27-50-25-31-14-8-5-9-15-31)28-52(41)38(54)55-26-32-16-10-6-11-17-32;1-28(31-19-33(39(41,42)43)21-34(20-31)40(44,45)46)53-27-38(32-15-9-4-10-16-32)18-17-37(26-49(38)36(51)52-24-30-13-7-3-8-14-30)25-48(35(50)22-47-37)23-29-11-5-2-6-12-29/h5-19,22-24,30,50H,20-21,25-29H2,1-4H3,(H,51,53);2-16,19-21,28,47H,17-18,22-27H2,1H3/t30-,40?,41-;28-,37?,38-/m11/s1. The summed E-state index contributed by atoms with van der Waals surface area (Å²) in [6.07, 6.45) is -23.8. The lowest BCUT2D eigenvalue weighted by molar-refractivity contribution is -0.145. The smallest absolute Gasteiger partial charge is 0.416 e. The number of likely N-dealkylation sites (tertiary alicyclic amines) is 2. The van der Waals surface area contributed by atoms with Crippen LogP contribution in [0.1, 0.15) is 139 Å². The van der Waals surface area contributed by atoms with Gasteiger partial charge in [-0.25, -0.2) is 14.4 Å². The molecule has 3 aliphatic heterocycles. The van der Waals surface area contributed by atoms with E-state index in [1.165, 1.54) is 23.6 Å². The molecule has 6 atom stereocenters. The highest BCUT2D eigenvalue weighted by Gasteiger charge is 2.56. The van der Waals surface area contributed by atoms with Gasteiger partial charge in [-0.05, 0) is 141 Å². The Morgan fingerprint density at radius 1 is 0.473 bits per heavy atom. The topological polar surface area (TPSA) is 160 Å². The van der Waals surface area contributed by atoms with Gasteiger partial charge in [0.25, 0.3) is 0 Å². The molecule has 3 fully saturated rings. The predicted octanol–water partition coefficient (Wildman–Crippen LogP) is 18.7. The van der Waals surface area contributed by atoms with Crippen molar-refractivity contribution >= 4 is 24.2 Å². The average molecular weight is 1540 g/mol. The van der Waals surface area contributed by atoms with Crippen LogP contribution in [0.4, 0.5) is 67.1 Å². The summed E-state index contributed by atoms with van der Waals surface area (Å²) < 4.78 is 195. The number of carbonyl (C=O) groups is 4. The molecule has 3 saturated heterocycles. The van der Waals surface area contributed by atoms with E-state index in [0.29, 0.717) is 60.5 Å². The molecule has 0 bridgehead atoms. The Kier molecular flexibility index (Phi) is 25.9. The lowest BCUT2D eigenvalue weighted by Crippen LogP contribution is -2.72. The second-order valence-electron chi connectivity index (χ2n) is 29.0. The minimum absolute atomic E-state index is 0.0304. The number of hydrogen-bond acceptors (Lipinski definition) is 11. The Balaban J connectivity index is 0.000000235. The number of rotatable bonds is 21. The van der Waals surface area contributed by atoms with Crippen molar-refractivity contribution in [3.8, 4) is 0 Å². The second kappa shape index (κ2) is 34.5. The molecule has 3 heterocycles. The summed E-state index contributed by atoms with van der Waals surface area (Å²) in [4.78, 5) is 60.2. The summed E-state index contributed by atoms with van der Waals surface area (Å²) in [6, 6.07) is 57.6. The molecule has 8 aromatic carbocycles. The number of hydrogen-bond donors (Lipinski definition) is 3. The summed E-state index contributed by atoms with van der Waals surface area (Å²) in [5, 5.41) is 9.82. The van der Waals surface area contributed by atoms with Crippen molar-refractivity contribution in [1.82, 2.24) is 30.7 Å². The van der Waals surface area contributed by atoms with Crippen molar-refractivity contribution < 1.29 is 95.5 Å². The van der Waals surface area contributed by atoms with Crippen molar-refractivity contribution in [2.24, 2.45) is 0 Å². The summed E-state index contributed by atoms with van der Waals surface area (Å²) in [5.74, 6) is -0.103. The number of alkyl halides is 12. The minimum atomic E-state index is -5.05. The van der Waals surface area contributed by atoms with E-state index in [2.05, 4.69) is 16.0 Å². The Hall–Kier alpha value is -9.96. The third kappa shape index (κ3) is 21.3. The van der Waals surface area contributed by atoms with E-state index in [1.54, 1.807) is 123 Å². The fraction of sp³-hybridized carbons (Fsp3) is 0.373. The fourth-order valence-corrected chi connectivity index (χ4v) is 14.0. The van der Waals surface area contributed by atoms with Gasteiger partial charge >= 0.3 is 43.0 Å². The van der Waals surface area contributed by atoms with E-state index >= 15 is 0 Å². The van der Waals surface area contributed by atoms with E-state index in [0.717, 1.165) is 16.7 Å². The number of piperazine rings is 1. The monoisotopic (exact) mass is 1540 g/mol. The lowest BCUT2D eigenvalue weighted by Gasteiger charge is -2.56. The highest BCUT2D eigenvalue weighted by atomic mass is 19.4. The van der Waals surface area contributed by atoms with Gasteiger partial charge in [0.2, 0.25) is 5.91 Å². The molecule has 27 heteroatoms. The van der Waals surface area contributed by atoms with Crippen LogP contribution in [-0.4, -0.2) is 102 Å². The molecule has 586 valence electrons. The maximum atomic E-state index is 14.5. The zero-order valence-corrected chi connectivity index (χ0v) is 61.1. The van der Waals surface area contributed by atoms with Gasteiger partial charge in [-0.15, -0.1) is 0 Å². The molecule has 0 aromatic heterocycles. The largest absolute Gasteiger partial charge is 0.445 e. The Bertz CT molecular complexity index is 4310. The van der Waals surface area contributed by atoms with Crippen LogP contribution in [0.15, 0.2) is 218 Å². The second-order valence-corrected chi connectivity index (χ2v) is 29.0. The van der Waals surface area contributed by atoms with Gasteiger partial charge in [0.15, 0.2) is 0 Å². The summed E-state index contributed by atoms with van der Waals surface area (Å²) >= 11 is 0. The van der Waals surface area contributed by atoms with Gasteiger partial charge < -0.3 is 39.2 Å². The number of carbonyl (C=O) groups excluding carboxylic acids is 4. The van der Waals surface area contributed by atoms with Crippen LogP contribution >= 0.6 is 0 Å². The molecular weight excluding hydrogens is 1450 g/mol. The quantitative estimate of drug-likeness (QED) is 0.0464. The molecule has 1 spiro atoms. The molecule has 11 rings (SSSR count). The highest BCUT2D eigenvalue weighted by Crippen LogP contribution is 2.48. The normalized spacial score (nSPS) is 20.4. The first-order valence-electron chi connectivity index (χ1n) is 35.7. The number of halogens is 12. The van der Waals surface area contributed by atoms with E-state index in [1.807, 2.05) is 84.9 Å². The molecule has 4 amide bonds. The first-order chi connectivity index (χ1) is 52.0. The SMILES string of the molecule is C[C@@H](OC[C@@]1(c2ccccc2)CCC(CNCc2ccccc2)(NC(=O)OC(C)(C)C)CN1C(=O)OCc1ccccc1)c1cc(C(F)(F)F)cc(C(F)(F)F)c1.C[C@@H](OC[C@@]1(c2ccccc2)CCC2(CN(Cc3ccccc3)C(=O)CN2)CN1C(=O)OCc1ccccc1)c1cc(C(F)(F)F)cc(C(F)(F)F)c1. The zero-order valence-electron chi connectivity index (χ0n) is 61.1. The summed E-state index contributed by atoms with van der Waals surface area (Å²) in [6.45, 7) is 8.31. The number of alkyl carbamates (subject to hydrolysis) is 1. The zero-order chi connectivity index (χ0) is 79.3. The Morgan fingerprint density at radius 2 is 0.845 bits per heavy atom. The number of nitrogens with zero attached hydrogens (tertiary/aromatic N) is 3. The molecule has 0 aliphatic carbocycles. The van der Waals surface area contributed by atoms with Crippen LogP contribution in [0.5, 0.6) is 0 Å². The van der Waals surface area contributed by atoms with Gasteiger partial charge in [-0.3, -0.25) is 19.9 Å². The molecular formula is C83H86F12N6O9. The van der Waals surface area contributed by atoms with E-state index in [-0.39, 0.29) is 108 Å². The molecule has 110 heavy (non-hydrogen) atoms. The molecule has 3 N–H and O–H groups in total. The number of benzene rings is 8.